The molecule has 2 rings (SSSR count). The van der Waals surface area contributed by atoms with Crippen molar-refractivity contribution in [1.29, 1.82) is 0 Å². The Hall–Kier alpha value is -2.11. The fourth-order valence-electron chi connectivity index (χ4n) is 1.89. The van der Waals surface area contributed by atoms with Crippen LogP contribution < -0.4 is 10.5 Å². The minimum absolute atomic E-state index is 0.233. The number of benzene rings is 1. The molecule has 1 aromatic heterocycles. The minimum Gasteiger partial charge on any atom is -0.491 e. The molecule has 1 aromatic carbocycles. The zero-order valence-corrected chi connectivity index (χ0v) is 11.1. The molecule has 0 bridgehead atoms. The van der Waals surface area contributed by atoms with Gasteiger partial charge in [0.15, 0.2) is 17.4 Å². The van der Waals surface area contributed by atoms with Gasteiger partial charge in [0.25, 0.3) is 0 Å². The van der Waals surface area contributed by atoms with E-state index in [4.69, 9.17) is 10.5 Å². The van der Waals surface area contributed by atoms with Crippen LogP contribution in [0.15, 0.2) is 18.2 Å². The lowest BCUT2D eigenvalue weighted by molar-refractivity contribution is 0.321. The second kappa shape index (κ2) is 5.69. The third-order valence-corrected chi connectivity index (χ3v) is 2.74. The highest BCUT2D eigenvalue weighted by Crippen LogP contribution is 2.22. The number of hydrogen-bond acceptors (Lipinski definition) is 4. The number of anilines is 1. The molecule has 0 saturated carbocycles. The first-order valence-corrected chi connectivity index (χ1v) is 6.30. The van der Waals surface area contributed by atoms with Gasteiger partial charge in [-0.25, -0.2) is 9.07 Å². The minimum atomic E-state index is -0.420. The van der Waals surface area contributed by atoms with E-state index in [1.807, 2.05) is 13.8 Å². The lowest BCUT2D eigenvalue weighted by Gasteiger charge is -2.08. The van der Waals surface area contributed by atoms with Gasteiger partial charge in [0.2, 0.25) is 0 Å². The Labute approximate surface area is 111 Å². The Morgan fingerprint density at radius 1 is 1.37 bits per heavy atom. The number of nitrogens with two attached hydrogens (primary N) is 1. The fourth-order valence-corrected chi connectivity index (χ4v) is 1.89. The first-order valence-electron chi connectivity index (χ1n) is 6.30. The Balaban J connectivity index is 2.39. The number of nitrogens with zero attached hydrogens (tertiary/aromatic N) is 3. The zero-order valence-electron chi connectivity index (χ0n) is 11.1. The molecule has 0 atom stereocenters. The summed E-state index contributed by atoms with van der Waals surface area (Å²) >= 11 is 0. The zero-order chi connectivity index (χ0) is 13.8. The van der Waals surface area contributed by atoms with Crippen LogP contribution in [0.3, 0.4) is 0 Å². The number of rotatable bonds is 5. The van der Waals surface area contributed by atoms with Crippen LogP contribution in [0.5, 0.6) is 5.75 Å². The molecule has 0 saturated heterocycles. The molecule has 102 valence electrons. The van der Waals surface area contributed by atoms with Gasteiger partial charge in [0, 0.05) is 6.07 Å². The van der Waals surface area contributed by atoms with Crippen molar-refractivity contribution in [1.82, 2.24) is 15.0 Å². The standard InChI is InChI=1S/C13H17FN4O/c1-3-5-11-13(15)16-17-18(11)9-6-7-12(19-4-2)10(14)8-9/h6-8H,3-5,15H2,1-2H3. The Morgan fingerprint density at radius 3 is 2.79 bits per heavy atom. The van der Waals surface area contributed by atoms with Crippen molar-refractivity contribution in [3.8, 4) is 11.4 Å². The first kappa shape index (κ1) is 13.3. The van der Waals surface area contributed by atoms with E-state index in [-0.39, 0.29) is 5.75 Å². The summed E-state index contributed by atoms with van der Waals surface area (Å²) in [6.45, 7) is 4.27. The highest BCUT2D eigenvalue weighted by atomic mass is 19.1. The van der Waals surface area contributed by atoms with Gasteiger partial charge >= 0.3 is 0 Å². The molecule has 0 radical (unpaired) electrons. The summed E-state index contributed by atoms with van der Waals surface area (Å²) in [6, 6.07) is 4.70. The van der Waals surface area contributed by atoms with E-state index in [9.17, 15) is 4.39 Å². The van der Waals surface area contributed by atoms with E-state index in [1.165, 1.54) is 6.07 Å². The second-order valence-electron chi connectivity index (χ2n) is 4.13. The Morgan fingerprint density at radius 2 is 2.16 bits per heavy atom. The molecule has 0 fully saturated rings. The average molecular weight is 264 g/mol. The largest absolute Gasteiger partial charge is 0.491 e. The maximum Gasteiger partial charge on any atom is 0.169 e. The van der Waals surface area contributed by atoms with Crippen LogP contribution >= 0.6 is 0 Å². The van der Waals surface area contributed by atoms with Crippen LogP contribution in [0.1, 0.15) is 26.0 Å². The van der Waals surface area contributed by atoms with E-state index in [2.05, 4.69) is 10.3 Å². The van der Waals surface area contributed by atoms with Crippen molar-refractivity contribution in [2.24, 2.45) is 0 Å². The van der Waals surface area contributed by atoms with E-state index >= 15 is 0 Å². The van der Waals surface area contributed by atoms with E-state index in [1.54, 1.807) is 16.8 Å². The van der Waals surface area contributed by atoms with Gasteiger partial charge in [-0.05, 0) is 25.5 Å². The van der Waals surface area contributed by atoms with Gasteiger partial charge in [-0.3, -0.25) is 0 Å². The van der Waals surface area contributed by atoms with Crippen LogP contribution in [0.25, 0.3) is 5.69 Å². The van der Waals surface area contributed by atoms with Crippen molar-refractivity contribution in [2.75, 3.05) is 12.3 Å². The molecule has 2 N–H and O–H groups in total. The second-order valence-corrected chi connectivity index (χ2v) is 4.13. The molecule has 1 heterocycles. The number of aromatic nitrogens is 3. The van der Waals surface area contributed by atoms with E-state index < -0.39 is 5.82 Å². The topological polar surface area (TPSA) is 66.0 Å². The molecule has 2 aromatic rings. The molecule has 0 spiro atoms. The Kier molecular flexibility index (Phi) is 3.99. The summed E-state index contributed by atoms with van der Waals surface area (Å²) in [5.74, 6) is 0.198. The van der Waals surface area contributed by atoms with Crippen molar-refractivity contribution in [2.45, 2.75) is 26.7 Å². The quantitative estimate of drug-likeness (QED) is 0.900. The molecule has 0 aliphatic heterocycles. The summed E-state index contributed by atoms with van der Waals surface area (Å²) in [6.07, 6.45) is 1.66. The summed E-state index contributed by atoms with van der Waals surface area (Å²) < 4.78 is 20.6. The number of halogens is 1. The monoisotopic (exact) mass is 264 g/mol. The van der Waals surface area contributed by atoms with Gasteiger partial charge in [0.1, 0.15) is 0 Å². The smallest absolute Gasteiger partial charge is 0.169 e. The summed E-state index contributed by atoms with van der Waals surface area (Å²) in [4.78, 5) is 0. The molecular formula is C13H17FN4O. The molecule has 0 unspecified atom stereocenters. The van der Waals surface area contributed by atoms with E-state index in [0.29, 0.717) is 18.1 Å². The van der Waals surface area contributed by atoms with Crippen LogP contribution in [0, 0.1) is 5.82 Å². The highest BCUT2D eigenvalue weighted by Gasteiger charge is 2.13. The Bertz CT molecular complexity index is 568. The number of ether oxygens (including phenoxy) is 1. The molecule has 5 nitrogen and oxygen atoms in total. The summed E-state index contributed by atoms with van der Waals surface area (Å²) in [7, 11) is 0. The third-order valence-electron chi connectivity index (χ3n) is 2.74. The molecule has 0 aliphatic carbocycles. The van der Waals surface area contributed by atoms with Crippen molar-refractivity contribution >= 4 is 5.82 Å². The fraction of sp³-hybridized carbons (Fsp3) is 0.385. The molecule has 19 heavy (non-hydrogen) atoms. The van der Waals surface area contributed by atoms with Crippen molar-refractivity contribution in [3.05, 3.63) is 29.7 Å². The predicted octanol–water partition coefficient (Wildman–Crippen LogP) is 2.34. The molecule has 6 heteroatoms. The lowest BCUT2D eigenvalue weighted by atomic mass is 10.2. The first-order chi connectivity index (χ1) is 9.17. The van der Waals surface area contributed by atoms with Gasteiger partial charge in [-0.15, -0.1) is 5.10 Å². The van der Waals surface area contributed by atoms with Gasteiger partial charge in [0.05, 0.1) is 18.0 Å². The van der Waals surface area contributed by atoms with Gasteiger partial charge in [-0.2, -0.15) is 0 Å². The van der Waals surface area contributed by atoms with Crippen molar-refractivity contribution in [3.63, 3.8) is 0 Å². The molecular weight excluding hydrogens is 247 g/mol. The highest BCUT2D eigenvalue weighted by molar-refractivity contribution is 5.43. The average Bonchev–Trinajstić information content (AvgIpc) is 2.75. The summed E-state index contributed by atoms with van der Waals surface area (Å²) in [5.41, 5.74) is 7.16. The summed E-state index contributed by atoms with van der Waals surface area (Å²) in [5, 5.41) is 7.79. The maximum atomic E-state index is 13.8. The van der Waals surface area contributed by atoms with Crippen LogP contribution in [-0.4, -0.2) is 21.6 Å². The van der Waals surface area contributed by atoms with Gasteiger partial charge in [-0.1, -0.05) is 18.6 Å². The van der Waals surface area contributed by atoms with Crippen molar-refractivity contribution < 1.29 is 9.13 Å². The maximum absolute atomic E-state index is 13.8. The van der Waals surface area contributed by atoms with Crippen LogP contribution in [-0.2, 0) is 6.42 Å². The normalized spacial score (nSPS) is 10.7. The number of hydrogen-bond donors (Lipinski definition) is 1. The molecule has 0 aliphatic rings. The number of nitrogen functional groups attached to an aromatic ring is 1. The third kappa shape index (κ3) is 2.67. The molecule has 0 amide bonds. The van der Waals surface area contributed by atoms with E-state index in [0.717, 1.165) is 18.5 Å². The van der Waals surface area contributed by atoms with Gasteiger partial charge < -0.3 is 10.5 Å². The SMILES string of the molecule is CCCc1c(N)nnn1-c1ccc(OCC)c(F)c1. The van der Waals surface area contributed by atoms with Crippen LogP contribution in [0.4, 0.5) is 10.2 Å². The predicted molar refractivity (Wildman–Crippen MR) is 70.9 cm³/mol. The lowest BCUT2D eigenvalue weighted by Crippen LogP contribution is -2.05. The van der Waals surface area contributed by atoms with Crippen LogP contribution in [0.2, 0.25) is 0 Å².